The average molecular weight is 328 g/mol. The van der Waals surface area contributed by atoms with Gasteiger partial charge in [0.1, 0.15) is 0 Å². The van der Waals surface area contributed by atoms with E-state index >= 15 is 0 Å². The first-order chi connectivity index (χ1) is 10.4. The molecule has 1 aliphatic carbocycles. The highest BCUT2D eigenvalue weighted by Crippen LogP contribution is 2.30. The van der Waals surface area contributed by atoms with E-state index in [1.54, 1.807) is 6.92 Å². The Hall–Kier alpha value is -1.51. The van der Waals surface area contributed by atoms with E-state index in [1.165, 1.54) is 16.4 Å². The van der Waals surface area contributed by atoms with Crippen LogP contribution in [0.15, 0.2) is 23.1 Å². The summed E-state index contributed by atoms with van der Waals surface area (Å²) in [5.74, 6) is 0. The van der Waals surface area contributed by atoms with Crippen LogP contribution in [0, 0.1) is 17.0 Å². The molecule has 0 spiro atoms. The quantitative estimate of drug-likeness (QED) is 0.634. The second kappa shape index (κ2) is 6.72. The Balaban J connectivity index is 2.42. The number of benzene rings is 1. The Morgan fingerprint density at radius 3 is 2.55 bits per heavy atom. The first-order valence-electron chi connectivity index (χ1n) is 7.25. The van der Waals surface area contributed by atoms with Crippen LogP contribution in [0.25, 0.3) is 0 Å². The van der Waals surface area contributed by atoms with E-state index < -0.39 is 14.9 Å². The highest BCUT2D eigenvalue weighted by molar-refractivity contribution is 7.89. The van der Waals surface area contributed by atoms with Crippen molar-refractivity contribution in [2.45, 2.75) is 43.5 Å². The molecule has 122 valence electrons. The van der Waals surface area contributed by atoms with Crippen LogP contribution in [0.3, 0.4) is 0 Å². The maximum absolute atomic E-state index is 12.8. The van der Waals surface area contributed by atoms with Crippen molar-refractivity contribution in [1.82, 2.24) is 4.31 Å². The molecule has 22 heavy (non-hydrogen) atoms. The highest BCUT2D eigenvalue weighted by Gasteiger charge is 2.33. The largest absolute Gasteiger partial charge is 0.395 e. The predicted octanol–water partition coefficient (Wildman–Crippen LogP) is 1.83. The van der Waals surface area contributed by atoms with Crippen LogP contribution in [0.5, 0.6) is 0 Å². The van der Waals surface area contributed by atoms with Gasteiger partial charge in [-0.1, -0.05) is 18.9 Å². The van der Waals surface area contributed by atoms with E-state index in [0.29, 0.717) is 5.56 Å². The lowest BCUT2D eigenvalue weighted by Gasteiger charge is -2.27. The summed E-state index contributed by atoms with van der Waals surface area (Å²) in [6, 6.07) is 3.79. The van der Waals surface area contributed by atoms with Crippen LogP contribution in [0.4, 0.5) is 5.69 Å². The minimum absolute atomic E-state index is 0.00861. The summed E-state index contributed by atoms with van der Waals surface area (Å²) in [4.78, 5) is 10.3. The molecular formula is C14H20N2O5S. The number of aliphatic hydroxyl groups excluding tert-OH is 1. The second-order valence-corrected chi connectivity index (χ2v) is 7.37. The number of aliphatic hydroxyl groups is 1. The fraction of sp³-hybridized carbons (Fsp3) is 0.571. The number of hydrogen-bond donors (Lipinski definition) is 1. The minimum atomic E-state index is -3.85. The van der Waals surface area contributed by atoms with Gasteiger partial charge in [0.05, 0.1) is 16.4 Å². The summed E-state index contributed by atoms with van der Waals surface area (Å²) >= 11 is 0. The van der Waals surface area contributed by atoms with Crippen LogP contribution in [0.2, 0.25) is 0 Å². The molecule has 2 rings (SSSR count). The van der Waals surface area contributed by atoms with Gasteiger partial charge in [-0.25, -0.2) is 8.42 Å². The third kappa shape index (κ3) is 3.29. The maximum Gasteiger partial charge on any atom is 0.273 e. The molecule has 7 nitrogen and oxygen atoms in total. The Morgan fingerprint density at radius 2 is 2.00 bits per heavy atom. The molecule has 1 aliphatic rings. The number of aryl methyl sites for hydroxylation is 1. The molecule has 0 aliphatic heterocycles. The van der Waals surface area contributed by atoms with Gasteiger partial charge in [0.15, 0.2) is 0 Å². The van der Waals surface area contributed by atoms with Crippen molar-refractivity contribution < 1.29 is 18.4 Å². The molecular weight excluding hydrogens is 308 g/mol. The SMILES string of the molecule is Cc1ccc(S(=O)(=O)N(CCO)C2CCCC2)cc1[N+](=O)[O-]. The average Bonchev–Trinajstić information content (AvgIpc) is 2.98. The summed E-state index contributed by atoms with van der Waals surface area (Å²) in [5, 5.41) is 20.2. The van der Waals surface area contributed by atoms with Crippen LogP contribution >= 0.6 is 0 Å². The van der Waals surface area contributed by atoms with E-state index in [2.05, 4.69) is 0 Å². The van der Waals surface area contributed by atoms with Crippen molar-refractivity contribution in [2.75, 3.05) is 13.2 Å². The smallest absolute Gasteiger partial charge is 0.273 e. The number of rotatable bonds is 6. The van der Waals surface area contributed by atoms with Gasteiger partial charge in [-0.2, -0.15) is 4.31 Å². The molecule has 0 saturated heterocycles. The molecule has 1 aromatic rings. The van der Waals surface area contributed by atoms with Crippen LogP contribution in [-0.4, -0.2) is 41.9 Å². The zero-order valence-corrected chi connectivity index (χ0v) is 13.3. The number of nitro groups is 1. The molecule has 0 bridgehead atoms. The molecule has 0 radical (unpaired) electrons. The topological polar surface area (TPSA) is 101 Å². The van der Waals surface area contributed by atoms with Crippen molar-refractivity contribution in [3.8, 4) is 0 Å². The molecule has 1 fully saturated rings. The van der Waals surface area contributed by atoms with Gasteiger partial charge in [0.25, 0.3) is 5.69 Å². The molecule has 0 amide bonds. The lowest BCUT2D eigenvalue weighted by molar-refractivity contribution is -0.385. The van der Waals surface area contributed by atoms with Gasteiger partial charge >= 0.3 is 0 Å². The fourth-order valence-electron chi connectivity index (χ4n) is 2.87. The van der Waals surface area contributed by atoms with Crippen molar-refractivity contribution in [2.24, 2.45) is 0 Å². The van der Waals surface area contributed by atoms with Gasteiger partial charge in [-0.15, -0.1) is 0 Å². The van der Waals surface area contributed by atoms with E-state index in [4.69, 9.17) is 0 Å². The van der Waals surface area contributed by atoms with Crippen molar-refractivity contribution in [3.05, 3.63) is 33.9 Å². The third-order valence-corrected chi connectivity index (χ3v) is 5.98. The van der Waals surface area contributed by atoms with Gasteiger partial charge in [0, 0.05) is 24.2 Å². The summed E-state index contributed by atoms with van der Waals surface area (Å²) in [6.45, 7) is 1.30. The Bertz CT molecular complexity index is 653. The van der Waals surface area contributed by atoms with Crippen molar-refractivity contribution in [3.63, 3.8) is 0 Å². The normalized spacial score (nSPS) is 16.3. The summed E-state index contributed by atoms with van der Waals surface area (Å²) < 4.78 is 26.9. The standard InChI is InChI=1S/C14H20N2O5S/c1-11-6-7-13(10-14(11)16(18)19)22(20,21)15(8-9-17)12-4-2-3-5-12/h6-7,10,12,17H,2-5,8-9H2,1H3. The van der Waals surface area contributed by atoms with Gasteiger partial charge in [-0.3, -0.25) is 10.1 Å². The number of sulfonamides is 1. The molecule has 0 aromatic heterocycles. The Labute approximate surface area is 129 Å². The van der Waals surface area contributed by atoms with Crippen LogP contribution in [-0.2, 0) is 10.0 Å². The number of nitro benzene ring substituents is 1. The molecule has 1 aromatic carbocycles. The van der Waals surface area contributed by atoms with Gasteiger partial charge in [0.2, 0.25) is 10.0 Å². The Kier molecular flexibility index (Phi) is 5.15. The zero-order chi connectivity index (χ0) is 16.3. The lowest BCUT2D eigenvalue weighted by Crippen LogP contribution is -2.40. The number of nitrogens with zero attached hydrogens (tertiary/aromatic N) is 2. The summed E-state index contributed by atoms with van der Waals surface area (Å²) in [7, 11) is -3.85. The molecule has 0 unspecified atom stereocenters. The molecule has 1 saturated carbocycles. The van der Waals surface area contributed by atoms with E-state index in [-0.39, 0.29) is 29.8 Å². The van der Waals surface area contributed by atoms with Gasteiger partial charge in [-0.05, 0) is 25.8 Å². The number of hydrogen-bond acceptors (Lipinski definition) is 5. The summed E-state index contributed by atoms with van der Waals surface area (Å²) in [6.07, 6.45) is 3.42. The maximum atomic E-state index is 12.8. The van der Waals surface area contributed by atoms with E-state index in [1.807, 2.05) is 0 Å². The van der Waals surface area contributed by atoms with E-state index in [0.717, 1.165) is 31.7 Å². The van der Waals surface area contributed by atoms with Crippen molar-refractivity contribution >= 4 is 15.7 Å². The lowest BCUT2D eigenvalue weighted by atomic mass is 10.2. The monoisotopic (exact) mass is 328 g/mol. The van der Waals surface area contributed by atoms with Gasteiger partial charge < -0.3 is 5.11 Å². The molecule has 0 atom stereocenters. The summed E-state index contributed by atoms with van der Waals surface area (Å²) in [5.41, 5.74) is 0.204. The second-order valence-electron chi connectivity index (χ2n) is 5.48. The fourth-order valence-corrected chi connectivity index (χ4v) is 4.57. The highest BCUT2D eigenvalue weighted by atomic mass is 32.2. The predicted molar refractivity (Wildman–Crippen MR) is 81.1 cm³/mol. The third-order valence-electron chi connectivity index (χ3n) is 4.04. The molecule has 0 heterocycles. The van der Waals surface area contributed by atoms with E-state index in [9.17, 15) is 23.6 Å². The van der Waals surface area contributed by atoms with Crippen molar-refractivity contribution in [1.29, 1.82) is 0 Å². The molecule has 1 N–H and O–H groups in total. The zero-order valence-electron chi connectivity index (χ0n) is 12.4. The first kappa shape index (κ1) is 16.9. The Morgan fingerprint density at radius 1 is 1.36 bits per heavy atom. The molecule has 8 heteroatoms. The first-order valence-corrected chi connectivity index (χ1v) is 8.69. The van der Waals surface area contributed by atoms with Crippen LogP contribution in [0.1, 0.15) is 31.2 Å². The minimum Gasteiger partial charge on any atom is -0.395 e. The van der Waals surface area contributed by atoms with Crippen LogP contribution < -0.4 is 0 Å².